The second kappa shape index (κ2) is 6.87. The summed E-state index contributed by atoms with van der Waals surface area (Å²) in [6.45, 7) is 8.41. The van der Waals surface area contributed by atoms with Gasteiger partial charge < -0.3 is 10.4 Å². The number of thioether (sulfide) groups is 1. The van der Waals surface area contributed by atoms with E-state index in [0.29, 0.717) is 23.3 Å². The van der Waals surface area contributed by atoms with Crippen LogP contribution in [-0.2, 0) is 0 Å². The zero-order chi connectivity index (χ0) is 12.0. The maximum Gasteiger partial charge on any atom is 0.0521 e. The summed E-state index contributed by atoms with van der Waals surface area (Å²) >= 11 is 1.95. The fourth-order valence-corrected chi connectivity index (χ4v) is 4.07. The van der Waals surface area contributed by atoms with E-state index in [1.807, 2.05) is 11.8 Å². The van der Waals surface area contributed by atoms with Crippen LogP contribution in [0.1, 0.15) is 46.5 Å². The average Bonchev–Trinajstić information content (AvgIpc) is 2.24. The van der Waals surface area contributed by atoms with E-state index < -0.39 is 0 Å². The highest BCUT2D eigenvalue weighted by Crippen LogP contribution is 2.40. The fraction of sp³-hybridized carbons (Fsp3) is 1.00. The van der Waals surface area contributed by atoms with Crippen molar-refractivity contribution >= 4 is 11.8 Å². The van der Waals surface area contributed by atoms with Crippen molar-refractivity contribution in [3.8, 4) is 0 Å². The Morgan fingerprint density at radius 3 is 2.81 bits per heavy atom. The van der Waals surface area contributed by atoms with Crippen LogP contribution in [0.25, 0.3) is 0 Å². The predicted octanol–water partition coefficient (Wildman–Crippen LogP) is 2.66. The van der Waals surface area contributed by atoms with Gasteiger partial charge in [0.2, 0.25) is 0 Å². The first-order valence-corrected chi connectivity index (χ1v) is 7.62. The quantitative estimate of drug-likeness (QED) is 0.754. The monoisotopic (exact) mass is 245 g/mol. The number of aliphatic hydroxyl groups is 1. The topological polar surface area (TPSA) is 32.3 Å². The summed E-state index contributed by atoms with van der Waals surface area (Å²) in [5.74, 6) is 0.880. The summed E-state index contributed by atoms with van der Waals surface area (Å²) in [5.41, 5.74) is 0.403. The zero-order valence-corrected chi connectivity index (χ0v) is 11.8. The first kappa shape index (κ1) is 14.3. The molecule has 0 saturated heterocycles. The lowest BCUT2D eigenvalue weighted by molar-refractivity contribution is 0.174. The third kappa shape index (κ3) is 3.94. The third-order valence-electron chi connectivity index (χ3n) is 3.56. The Kier molecular flexibility index (Phi) is 6.16. The molecule has 2 nitrogen and oxygen atoms in total. The SMILES string of the molecule is CCCNC1C(SCCO)CCCC1(C)C. The van der Waals surface area contributed by atoms with Crippen molar-refractivity contribution in [2.24, 2.45) is 5.41 Å². The van der Waals surface area contributed by atoms with Gasteiger partial charge in [0.1, 0.15) is 0 Å². The molecule has 96 valence electrons. The Morgan fingerprint density at radius 1 is 1.44 bits per heavy atom. The van der Waals surface area contributed by atoms with Gasteiger partial charge in [0.05, 0.1) is 6.61 Å². The molecule has 0 aliphatic heterocycles. The Balaban J connectivity index is 2.56. The van der Waals surface area contributed by atoms with Crippen molar-refractivity contribution in [3.05, 3.63) is 0 Å². The number of hydrogen-bond donors (Lipinski definition) is 2. The highest BCUT2D eigenvalue weighted by molar-refractivity contribution is 8.00. The fourth-order valence-electron chi connectivity index (χ4n) is 2.68. The Bertz CT molecular complexity index is 196. The van der Waals surface area contributed by atoms with E-state index in [1.54, 1.807) is 0 Å². The molecule has 1 fully saturated rings. The van der Waals surface area contributed by atoms with Crippen LogP contribution in [-0.4, -0.2) is 35.3 Å². The summed E-state index contributed by atoms with van der Waals surface area (Å²) in [6.07, 6.45) is 5.16. The van der Waals surface area contributed by atoms with Gasteiger partial charge in [0.25, 0.3) is 0 Å². The standard InChI is InChI=1S/C13H27NOS/c1-4-8-14-12-11(16-10-9-15)6-5-7-13(12,2)3/h11-12,14-15H,4-10H2,1-3H3. The Hall–Kier alpha value is 0.270. The maximum atomic E-state index is 8.95. The van der Waals surface area contributed by atoms with Crippen LogP contribution in [0.4, 0.5) is 0 Å². The lowest BCUT2D eigenvalue weighted by Gasteiger charge is -2.44. The molecule has 0 bridgehead atoms. The van der Waals surface area contributed by atoms with Crippen LogP contribution in [0.3, 0.4) is 0 Å². The third-order valence-corrected chi connectivity index (χ3v) is 4.92. The van der Waals surface area contributed by atoms with Gasteiger partial charge >= 0.3 is 0 Å². The molecule has 0 aromatic heterocycles. The number of hydrogen-bond acceptors (Lipinski definition) is 3. The van der Waals surface area contributed by atoms with Crippen LogP contribution in [0.2, 0.25) is 0 Å². The van der Waals surface area contributed by atoms with Gasteiger partial charge in [0.15, 0.2) is 0 Å². The molecular formula is C13H27NOS. The minimum Gasteiger partial charge on any atom is -0.396 e. The predicted molar refractivity (Wildman–Crippen MR) is 73.0 cm³/mol. The van der Waals surface area contributed by atoms with Crippen LogP contribution >= 0.6 is 11.8 Å². The van der Waals surface area contributed by atoms with Crippen molar-refractivity contribution in [2.45, 2.75) is 57.7 Å². The zero-order valence-electron chi connectivity index (χ0n) is 11.0. The molecule has 0 aromatic carbocycles. The van der Waals surface area contributed by atoms with E-state index in [2.05, 4.69) is 26.1 Å². The van der Waals surface area contributed by atoms with Gasteiger partial charge in [-0.1, -0.05) is 27.2 Å². The summed E-state index contributed by atoms with van der Waals surface area (Å²) in [4.78, 5) is 0. The number of rotatable bonds is 6. The van der Waals surface area contributed by atoms with E-state index in [4.69, 9.17) is 5.11 Å². The summed E-state index contributed by atoms with van der Waals surface area (Å²) < 4.78 is 0. The molecule has 2 atom stereocenters. The van der Waals surface area contributed by atoms with E-state index >= 15 is 0 Å². The van der Waals surface area contributed by atoms with Gasteiger partial charge in [0, 0.05) is 17.0 Å². The van der Waals surface area contributed by atoms with Crippen molar-refractivity contribution in [1.29, 1.82) is 0 Å². The van der Waals surface area contributed by atoms with Gasteiger partial charge in [-0.3, -0.25) is 0 Å². The maximum absolute atomic E-state index is 8.95. The molecule has 2 unspecified atom stereocenters. The highest BCUT2D eigenvalue weighted by Gasteiger charge is 2.38. The van der Waals surface area contributed by atoms with Gasteiger partial charge in [-0.2, -0.15) is 11.8 Å². The first-order chi connectivity index (χ1) is 7.61. The van der Waals surface area contributed by atoms with Crippen molar-refractivity contribution < 1.29 is 5.11 Å². The molecule has 2 N–H and O–H groups in total. The van der Waals surface area contributed by atoms with E-state index in [0.717, 1.165) is 12.3 Å². The Morgan fingerprint density at radius 2 is 2.19 bits per heavy atom. The van der Waals surface area contributed by atoms with E-state index in [9.17, 15) is 0 Å². The van der Waals surface area contributed by atoms with Crippen LogP contribution in [0.15, 0.2) is 0 Å². The molecule has 3 heteroatoms. The minimum absolute atomic E-state index is 0.308. The number of nitrogens with one attached hydrogen (secondary N) is 1. The molecular weight excluding hydrogens is 218 g/mol. The summed E-state index contributed by atoms with van der Waals surface area (Å²) in [6, 6.07) is 0.609. The van der Waals surface area contributed by atoms with E-state index in [1.165, 1.54) is 25.7 Å². The largest absolute Gasteiger partial charge is 0.396 e. The normalized spacial score (nSPS) is 29.2. The summed E-state index contributed by atoms with van der Waals surface area (Å²) in [5, 5.41) is 13.3. The molecule has 1 aliphatic rings. The van der Waals surface area contributed by atoms with Gasteiger partial charge in [-0.05, 0) is 31.2 Å². The van der Waals surface area contributed by atoms with Crippen LogP contribution < -0.4 is 5.32 Å². The second-order valence-corrected chi connectivity index (χ2v) is 6.79. The average molecular weight is 245 g/mol. The first-order valence-electron chi connectivity index (χ1n) is 6.57. The lowest BCUT2D eigenvalue weighted by Crippen LogP contribution is -2.51. The molecule has 1 rings (SSSR count). The van der Waals surface area contributed by atoms with Gasteiger partial charge in [-0.25, -0.2) is 0 Å². The van der Waals surface area contributed by atoms with Crippen molar-refractivity contribution in [1.82, 2.24) is 5.32 Å². The molecule has 0 heterocycles. The Labute approximate surface area is 105 Å². The molecule has 0 radical (unpaired) electrons. The number of aliphatic hydroxyl groups excluding tert-OH is 1. The molecule has 0 aromatic rings. The molecule has 1 aliphatic carbocycles. The van der Waals surface area contributed by atoms with Crippen molar-refractivity contribution in [2.75, 3.05) is 18.9 Å². The van der Waals surface area contributed by atoms with E-state index in [-0.39, 0.29) is 0 Å². The van der Waals surface area contributed by atoms with Crippen LogP contribution in [0, 0.1) is 5.41 Å². The highest BCUT2D eigenvalue weighted by atomic mass is 32.2. The molecule has 16 heavy (non-hydrogen) atoms. The second-order valence-electron chi connectivity index (χ2n) is 5.45. The van der Waals surface area contributed by atoms with Gasteiger partial charge in [-0.15, -0.1) is 0 Å². The molecule has 0 spiro atoms. The van der Waals surface area contributed by atoms with Crippen molar-refractivity contribution in [3.63, 3.8) is 0 Å². The summed E-state index contributed by atoms with van der Waals surface area (Å²) in [7, 11) is 0. The van der Waals surface area contributed by atoms with Crippen LogP contribution in [0.5, 0.6) is 0 Å². The smallest absolute Gasteiger partial charge is 0.0521 e. The lowest BCUT2D eigenvalue weighted by atomic mass is 9.73. The minimum atomic E-state index is 0.308. The molecule has 0 amide bonds. The molecule has 1 saturated carbocycles.